The number of amides is 1. The van der Waals surface area contributed by atoms with Gasteiger partial charge >= 0.3 is 150 Å². The molecule has 0 fully saturated rings. The summed E-state index contributed by atoms with van der Waals surface area (Å²) in [5.41, 5.74) is 2.12. The SMILES string of the molecule is CC(C)(C)OC(=O)Nc1nc2ncc(-c3ccc(C#N)cc3)nc2[se]1. The van der Waals surface area contributed by atoms with Crippen molar-refractivity contribution in [3.05, 3.63) is 36.0 Å². The van der Waals surface area contributed by atoms with E-state index in [0.717, 1.165) is 9.95 Å². The topological polar surface area (TPSA) is 101 Å². The van der Waals surface area contributed by atoms with Crippen LogP contribution in [0.4, 0.5) is 9.49 Å². The second kappa shape index (κ2) is 6.63. The van der Waals surface area contributed by atoms with Crippen molar-refractivity contribution in [3.63, 3.8) is 0 Å². The Hall–Kier alpha value is -2.75. The molecule has 0 aliphatic carbocycles. The molecular weight excluding hydrogens is 385 g/mol. The van der Waals surface area contributed by atoms with E-state index < -0.39 is 11.7 Å². The van der Waals surface area contributed by atoms with Crippen LogP contribution in [0.2, 0.25) is 0 Å². The molecule has 8 heteroatoms. The van der Waals surface area contributed by atoms with Gasteiger partial charge in [-0.3, -0.25) is 0 Å². The number of anilines is 1. The summed E-state index contributed by atoms with van der Waals surface area (Å²) in [6, 6.07) is 9.22. The van der Waals surface area contributed by atoms with Gasteiger partial charge in [-0.15, -0.1) is 0 Å². The molecule has 0 spiro atoms. The summed E-state index contributed by atoms with van der Waals surface area (Å²) in [4.78, 5) is 25.0. The number of fused-ring (bicyclic) bond motifs is 1. The number of hydrogen-bond donors (Lipinski definition) is 1. The number of benzene rings is 1. The van der Waals surface area contributed by atoms with Crippen LogP contribution >= 0.6 is 0 Å². The van der Waals surface area contributed by atoms with Gasteiger partial charge in [0.05, 0.1) is 0 Å². The van der Waals surface area contributed by atoms with Gasteiger partial charge in [0.25, 0.3) is 0 Å². The van der Waals surface area contributed by atoms with Gasteiger partial charge in [0, 0.05) is 0 Å². The summed E-state index contributed by atoms with van der Waals surface area (Å²) in [7, 11) is 0. The first-order valence-electron chi connectivity index (χ1n) is 7.48. The number of nitrogens with zero attached hydrogens (tertiary/aromatic N) is 4. The Morgan fingerprint density at radius 1 is 1.24 bits per heavy atom. The standard InChI is InChI=1S/C17H15N5O2Se/c1-17(2,3)24-16(23)22-15-21-13-14(25-15)20-12(9-19-13)11-6-4-10(8-18)5-7-11/h4-7,9H,1-3H3,(H,19,21,22,23). The van der Waals surface area contributed by atoms with E-state index in [9.17, 15) is 4.79 Å². The van der Waals surface area contributed by atoms with Crippen molar-refractivity contribution in [2.24, 2.45) is 0 Å². The van der Waals surface area contributed by atoms with Gasteiger partial charge in [-0.25, -0.2) is 0 Å². The van der Waals surface area contributed by atoms with Crippen LogP contribution < -0.4 is 5.32 Å². The van der Waals surface area contributed by atoms with Crippen molar-refractivity contribution in [2.45, 2.75) is 26.4 Å². The number of aromatic nitrogens is 3. The molecule has 0 bridgehead atoms. The molecule has 0 aliphatic rings. The molecule has 0 atom stereocenters. The first-order valence-corrected chi connectivity index (χ1v) is 9.19. The molecule has 1 amide bonds. The van der Waals surface area contributed by atoms with Crippen LogP contribution in [0.25, 0.3) is 21.3 Å². The normalized spacial score (nSPS) is 11.1. The summed E-state index contributed by atoms with van der Waals surface area (Å²) in [6.45, 7) is 5.40. The first kappa shape index (κ1) is 17.1. The Bertz CT molecular complexity index is 967. The summed E-state index contributed by atoms with van der Waals surface area (Å²) < 4.78 is 6.50. The molecule has 1 aromatic carbocycles. The molecule has 0 unspecified atom stereocenters. The van der Waals surface area contributed by atoms with Crippen LogP contribution in [0.5, 0.6) is 0 Å². The average Bonchev–Trinajstić information content (AvgIpc) is 2.94. The van der Waals surface area contributed by atoms with Crippen LogP contribution in [-0.4, -0.2) is 41.1 Å². The molecule has 0 radical (unpaired) electrons. The molecule has 0 saturated heterocycles. The Morgan fingerprint density at radius 3 is 2.60 bits per heavy atom. The van der Waals surface area contributed by atoms with Crippen molar-refractivity contribution < 1.29 is 9.53 Å². The van der Waals surface area contributed by atoms with Crippen molar-refractivity contribution in [1.82, 2.24) is 15.0 Å². The zero-order valence-corrected chi connectivity index (χ0v) is 15.6. The van der Waals surface area contributed by atoms with E-state index in [2.05, 4.69) is 26.3 Å². The molecule has 126 valence electrons. The second-order valence-electron chi connectivity index (χ2n) is 6.22. The van der Waals surface area contributed by atoms with Gasteiger partial charge < -0.3 is 0 Å². The fourth-order valence-corrected chi connectivity index (χ4v) is 3.66. The van der Waals surface area contributed by atoms with Crippen LogP contribution in [0.3, 0.4) is 0 Å². The first-order chi connectivity index (χ1) is 11.8. The molecule has 25 heavy (non-hydrogen) atoms. The van der Waals surface area contributed by atoms with E-state index in [-0.39, 0.29) is 14.5 Å². The molecule has 7 nitrogen and oxygen atoms in total. The van der Waals surface area contributed by atoms with Crippen LogP contribution in [0.1, 0.15) is 26.3 Å². The van der Waals surface area contributed by atoms with Gasteiger partial charge in [0.1, 0.15) is 0 Å². The molecule has 3 aromatic rings. The van der Waals surface area contributed by atoms with E-state index in [1.807, 2.05) is 12.1 Å². The minimum atomic E-state index is -0.567. The van der Waals surface area contributed by atoms with Crippen molar-refractivity contribution in [2.75, 3.05) is 5.32 Å². The van der Waals surface area contributed by atoms with Gasteiger partial charge in [-0.2, -0.15) is 0 Å². The third-order valence-corrected chi connectivity index (χ3v) is 4.83. The van der Waals surface area contributed by atoms with Crippen LogP contribution in [0.15, 0.2) is 30.5 Å². The summed E-state index contributed by atoms with van der Waals surface area (Å²) in [5.74, 6) is 0. The molecule has 0 saturated carbocycles. The van der Waals surface area contributed by atoms with E-state index in [1.165, 1.54) is 0 Å². The zero-order chi connectivity index (χ0) is 18.0. The summed E-state index contributed by atoms with van der Waals surface area (Å²) in [6.07, 6.45) is 1.10. The fourth-order valence-electron chi connectivity index (χ4n) is 2.02. The number of hydrogen-bond acceptors (Lipinski definition) is 6. The molecule has 1 N–H and O–H groups in total. The van der Waals surface area contributed by atoms with Crippen molar-refractivity contribution >= 4 is 35.3 Å². The Balaban J connectivity index is 1.84. The van der Waals surface area contributed by atoms with Crippen LogP contribution in [-0.2, 0) is 4.74 Å². The minimum absolute atomic E-state index is 0.248. The quantitative estimate of drug-likeness (QED) is 0.664. The number of rotatable bonds is 2. The van der Waals surface area contributed by atoms with Gasteiger partial charge in [-0.1, -0.05) is 0 Å². The number of ether oxygens (including phenoxy) is 1. The fraction of sp³-hybridized carbons (Fsp3) is 0.235. The van der Waals surface area contributed by atoms with E-state index in [1.54, 1.807) is 39.1 Å². The zero-order valence-electron chi connectivity index (χ0n) is 13.9. The Labute approximate surface area is 150 Å². The van der Waals surface area contributed by atoms with E-state index in [4.69, 9.17) is 10.00 Å². The van der Waals surface area contributed by atoms with Gasteiger partial charge in [-0.05, 0) is 0 Å². The number of carbonyl (C=O) groups excluding carboxylic acids is 1. The van der Waals surface area contributed by atoms with Gasteiger partial charge in [0.2, 0.25) is 0 Å². The third-order valence-electron chi connectivity index (χ3n) is 3.04. The van der Waals surface area contributed by atoms with E-state index in [0.29, 0.717) is 21.6 Å². The second-order valence-corrected chi connectivity index (χ2v) is 8.27. The van der Waals surface area contributed by atoms with Crippen LogP contribution in [0, 0.1) is 11.3 Å². The molecule has 0 aliphatic heterocycles. The summed E-state index contributed by atoms with van der Waals surface area (Å²) in [5, 5.41) is 11.5. The summed E-state index contributed by atoms with van der Waals surface area (Å²) >= 11 is -0.248. The maximum absolute atomic E-state index is 11.8. The predicted molar refractivity (Wildman–Crippen MR) is 94.3 cm³/mol. The number of carbonyl (C=O) groups is 1. The molecular formula is C17H15N5O2Se. The van der Waals surface area contributed by atoms with Crippen molar-refractivity contribution in [1.29, 1.82) is 5.26 Å². The Morgan fingerprint density at radius 2 is 1.96 bits per heavy atom. The third kappa shape index (κ3) is 4.21. The average molecular weight is 400 g/mol. The molecule has 3 rings (SSSR count). The van der Waals surface area contributed by atoms with E-state index >= 15 is 0 Å². The molecule has 2 heterocycles. The monoisotopic (exact) mass is 401 g/mol. The number of nitriles is 1. The Kier molecular flexibility index (Phi) is 4.53. The van der Waals surface area contributed by atoms with Crippen molar-refractivity contribution in [3.8, 4) is 17.3 Å². The maximum atomic E-state index is 11.8. The number of nitrogens with one attached hydrogen (secondary N) is 1. The predicted octanol–water partition coefficient (Wildman–Crippen LogP) is 2.97. The molecule has 2 aromatic heterocycles. The van der Waals surface area contributed by atoms with Gasteiger partial charge in [0.15, 0.2) is 0 Å².